The van der Waals surface area contributed by atoms with Crippen LogP contribution in [0.2, 0.25) is 0 Å². The minimum atomic E-state index is -1.64. The number of nitrogens with one attached hydrogen (secondary N) is 1. The van der Waals surface area contributed by atoms with E-state index in [-0.39, 0.29) is 19.4 Å². The molecule has 0 bridgehead atoms. The van der Waals surface area contributed by atoms with E-state index in [2.05, 4.69) is 50.4 Å². The Hall–Kier alpha value is -3.42. The fraction of sp³-hybridized carbons (Fsp3) is 0.743. The number of carbonyl (C=O) groups is 2. The lowest BCUT2D eigenvalue weighted by molar-refractivity contribution is -0.305. The monoisotopic (exact) mass is 1140 g/mol. The highest BCUT2D eigenvalue weighted by molar-refractivity contribution is 5.80. The van der Waals surface area contributed by atoms with Crippen LogP contribution in [0.1, 0.15) is 271 Å². The Kier molecular flexibility index (Phi) is 53.2. The lowest BCUT2D eigenvalue weighted by Gasteiger charge is -2.41. The summed E-state index contributed by atoms with van der Waals surface area (Å²) in [5.74, 6) is -1.24. The van der Waals surface area contributed by atoms with Gasteiger partial charge in [-0.05, 0) is 70.6 Å². The van der Waals surface area contributed by atoms with E-state index in [0.29, 0.717) is 12.8 Å². The molecule has 0 radical (unpaired) electrons. The Morgan fingerprint density at radius 1 is 0.494 bits per heavy atom. The van der Waals surface area contributed by atoms with Gasteiger partial charge in [0, 0.05) is 6.42 Å². The van der Waals surface area contributed by atoms with E-state index >= 15 is 0 Å². The van der Waals surface area contributed by atoms with Gasteiger partial charge in [0.15, 0.2) is 12.4 Å². The SMILES string of the molecule is CC\C=C/C=C/C=C/C=C\C=C\C=C\CCCCCC(=O)OC1C(OCC(NC(=O)C(O)CCCCCCCCCCCCCC/C=C/CCCCCCCC)C(O)/C=C/CCCCCCCCCCCCC)OC(CO)C(O)C1O. The molecule has 0 aliphatic carbocycles. The minimum absolute atomic E-state index is 0.0683. The summed E-state index contributed by atoms with van der Waals surface area (Å²) >= 11 is 0. The van der Waals surface area contributed by atoms with Crippen LogP contribution in [-0.2, 0) is 23.8 Å². The van der Waals surface area contributed by atoms with Crippen molar-refractivity contribution >= 4 is 11.9 Å². The molecule has 0 aromatic heterocycles. The molecule has 1 heterocycles. The van der Waals surface area contributed by atoms with Gasteiger partial charge in [-0.3, -0.25) is 9.59 Å². The first-order chi connectivity index (χ1) is 39.7. The highest BCUT2D eigenvalue weighted by atomic mass is 16.7. The maximum absolute atomic E-state index is 13.5. The van der Waals surface area contributed by atoms with E-state index in [9.17, 15) is 35.1 Å². The van der Waals surface area contributed by atoms with Crippen molar-refractivity contribution in [2.24, 2.45) is 0 Å². The first kappa shape index (κ1) is 75.6. The van der Waals surface area contributed by atoms with E-state index in [1.807, 2.05) is 66.8 Å². The number of aliphatic hydroxyl groups is 5. The van der Waals surface area contributed by atoms with E-state index < -0.39 is 67.4 Å². The topological polar surface area (TPSA) is 175 Å². The summed E-state index contributed by atoms with van der Waals surface area (Å²) in [6.45, 7) is 5.63. The van der Waals surface area contributed by atoms with Crippen molar-refractivity contribution in [2.45, 2.75) is 320 Å². The van der Waals surface area contributed by atoms with Crippen LogP contribution in [0.25, 0.3) is 0 Å². The minimum Gasteiger partial charge on any atom is -0.454 e. The zero-order valence-electron chi connectivity index (χ0n) is 51.6. The Bertz CT molecular complexity index is 1690. The molecular formula is C70H121NO10. The van der Waals surface area contributed by atoms with E-state index in [1.54, 1.807) is 6.08 Å². The average Bonchev–Trinajstić information content (AvgIpc) is 3.46. The Morgan fingerprint density at radius 3 is 1.37 bits per heavy atom. The number of carbonyl (C=O) groups excluding carboxylic acids is 2. The first-order valence-corrected chi connectivity index (χ1v) is 33.1. The number of allylic oxidation sites excluding steroid dienone is 15. The van der Waals surface area contributed by atoms with Crippen LogP contribution in [-0.4, -0.2) is 99.6 Å². The third-order valence-electron chi connectivity index (χ3n) is 15.1. The van der Waals surface area contributed by atoms with Gasteiger partial charge in [-0.15, -0.1) is 0 Å². The van der Waals surface area contributed by atoms with Gasteiger partial charge in [0.1, 0.15) is 24.4 Å². The standard InChI is InChI=1S/C70H121NO10/c1-4-7-10-13-16-19-22-25-27-29-30-31-32-33-35-36-39-42-45-48-51-54-57-63(74)69(78)71-61(62(73)56-53-50-47-44-41-38-24-21-18-15-12-9-6-3)60-79-70-68(67(77)66(76)64(59-72)80-70)81-65(75)58-55-52-49-46-43-40-37-34-28-26-23-20-17-14-11-8-5-2/h8,11,14,17,20,23,25-28,34,37,40,43,53,56,61-64,66-68,70,72-74,76-77H,4-7,9-10,12-13,15-16,18-19,21-22,24,29-33,35-36,38-39,41-42,44-52,54-55,57-60H2,1-3H3,(H,71,78)/b11-8-,17-14+,23-20+,27-25+,28-26-,37-34+,43-40+,56-53+. The number of esters is 1. The molecule has 0 spiro atoms. The first-order valence-electron chi connectivity index (χ1n) is 33.1. The molecule has 11 nitrogen and oxygen atoms in total. The Balaban J connectivity index is 2.67. The van der Waals surface area contributed by atoms with Crippen LogP contribution in [0.3, 0.4) is 0 Å². The molecule has 1 fully saturated rings. The molecule has 1 rings (SSSR count). The molecule has 1 aliphatic heterocycles. The molecule has 466 valence electrons. The van der Waals surface area contributed by atoms with E-state index in [4.69, 9.17) is 14.2 Å². The van der Waals surface area contributed by atoms with Crippen LogP contribution in [0, 0.1) is 0 Å². The quantitative estimate of drug-likeness (QED) is 0.0149. The number of aliphatic hydroxyl groups excluding tert-OH is 5. The largest absolute Gasteiger partial charge is 0.454 e. The summed E-state index contributed by atoms with van der Waals surface area (Å²) in [7, 11) is 0. The molecule has 1 amide bonds. The predicted octanol–water partition coefficient (Wildman–Crippen LogP) is 16.3. The van der Waals surface area contributed by atoms with Crippen molar-refractivity contribution in [1.29, 1.82) is 0 Å². The summed E-state index contributed by atoms with van der Waals surface area (Å²) < 4.78 is 17.6. The highest BCUT2D eigenvalue weighted by Crippen LogP contribution is 2.26. The molecule has 6 N–H and O–H groups in total. The smallest absolute Gasteiger partial charge is 0.306 e. The van der Waals surface area contributed by atoms with Crippen molar-refractivity contribution in [3.05, 3.63) is 97.2 Å². The number of ether oxygens (including phenoxy) is 3. The molecule has 1 aliphatic rings. The van der Waals surface area contributed by atoms with Crippen molar-refractivity contribution in [1.82, 2.24) is 5.32 Å². The molecule has 8 atom stereocenters. The summed E-state index contributed by atoms with van der Waals surface area (Å²) in [6, 6.07) is -1.04. The second-order valence-electron chi connectivity index (χ2n) is 22.6. The van der Waals surface area contributed by atoms with Crippen LogP contribution in [0.4, 0.5) is 0 Å². The lowest BCUT2D eigenvalue weighted by atomic mass is 9.99. The molecule has 0 aromatic carbocycles. The van der Waals surface area contributed by atoms with Gasteiger partial charge in [-0.1, -0.05) is 291 Å². The van der Waals surface area contributed by atoms with Gasteiger partial charge in [0.05, 0.1) is 25.4 Å². The van der Waals surface area contributed by atoms with E-state index in [1.165, 1.54) is 161 Å². The third-order valence-corrected chi connectivity index (χ3v) is 15.1. The van der Waals surface area contributed by atoms with Gasteiger partial charge in [0.2, 0.25) is 5.91 Å². The molecule has 0 saturated carbocycles. The number of hydrogen-bond donors (Lipinski definition) is 6. The normalized spacial score (nSPS) is 19.3. The molecule has 11 heteroatoms. The lowest BCUT2D eigenvalue weighted by Crippen LogP contribution is -2.61. The van der Waals surface area contributed by atoms with Gasteiger partial charge < -0.3 is 45.1 Å². The van der Waals surface area contributed by atoms with Gasteiger partial charge in [-0.25, -0.2) is 0 Å². The third kappa shape index (κ3) is 44.7. The molecular weight excluding hydrogens is 1010 g/mol. The zero-order chi connectivity index (χ0) is 58.9. The van der Waals surface area contributed by atoms with Crippen LogP contribution in [0.15, 0.2) is 97.2 Å². The fourth-order valence-corrected chi connectivity index (χ4v) is 9.91. The van der Waals surface area contributed by atoms with Gasteiger partial charge in [-0.2, -0.15) is 0 Å². The van der Waals surface area contributed by atoms with Crippen molar-refractivity contribution in [3.8, 4) is 0 Å². The number of hydrogen-bond acceptors (Lipinski definition) is 10. The summed E-state index contributed by atoms with van der Waals surface area (Å²) in [4.78, 5) is 26.6. The molecule has 1 saturated heterocycles. The summed E-state index contributed by atoms with van der Waals surface area (Å²) in [6.07, 6.45) is 65.8. The summed E-state index contributed by atoms with van der Waals surface area (Å²) in [5.41, 5.74) is 0. The van der Waals surface area contributed by atoms with Crippen LogP contribution < -0.4 is 5.32 Å². The van der Waals surface area contributed by atoms with E-state index in [0.717, 1.165) is 64.2 Å². The Labute approximate surface area is 495 Å². The van der Waals surface area contributed by atoms with Gasteiger partial charge >= 0.3 is 5.97 Å². The molecule has 81 heavy (non-hydrogen) atoms. The molecule has 8 unspecified atom stereocenters. The Morgan fingerprint density at radius 2 is 0.901 bits per heavy atom. The second-order valence-corrected chi connectivity index (χ2v) is 22.6. The van der Waals surface area contributed by atoms with Crippen LogP contribution in [0.5, 0.6) is 0 Å². The number of amides is 1. The second kappa shape index (κ2) is 57.0. The average molecular weight is 1140 g/mol. The van der Waals surface area contributed by atoms with Crippen molar-refractivity contribution in [2.75, 3.05) is 13.2 Å². The number of unbranched alkanes of at least 4 members (excludes halogenated alkanes) is 32. The van der Waals surface area contributed by atoms with Crippen LogP contribution >= 0.6 is 0 Å². The molecule has 0 aromatic rings. The van der Waals surface area contributed by atoms with Crippen molar-refractivity contribution < 1.29 is 49.3 Å². The van der Waals surface area contributed by atoms with Crippen molar-refractivity contribution in [3.63, 3.8) is 0 Å². The maximum atomic E-state index is 13.5. The predicted molar refractivity (Wildman–Crippen MR) is 338 cm³/mol. The maximum Gasteiger partial charge on any atom is 0.306 e. The fourth-order valence-electron chi connectivity index (χ4n) is 9.91. The van der Waals surface area contributed by atoms with Gasteiger partial charge in [0.25, 0.3) is 0 Å². The zero-order valence-corrected chi connectivity index (χ0v) is 51.6. The summed E-state index contributed by atoms with van der Waals surface area (Å²) in [5, 5.41) is 57.1. The highest BCUT2D eigenvalue weighted by Gasteiger charge is 2.47. The number of rotatable bonds is 55.